The van der Waals surface area contributed by atoms with Crippen LogP contribution in [0.25, 0.3) is 45.1 Å². The molecule has 8 heteroatoms. The molecule has 3 aromatic heterocycles. The van der Waals surface area contributed by atoms with Crippen molar-refractivity contribution in [3.63, 3.8) is 0 Å². The Morgan fingerprint density at radius 2 is 1.26 bits per heavy atom. The summed E-state index contributed by atoms with van der Waals surface area (Å²) in [6.07, 6.45) is 1.51. The monoisotopic (exact) mass is 358 g/mol. The highest BCUT2D eigenvalue weighted by molar-refractivity contribution is 5.79. The van der Waals surface area contributed by atoms with Crippen LogP contribution < -0.4 is 11.3 Å². The maximum Gasteiger partial charge on any atom is 0.347 e. The number of benzene rings is 2. The zero-order chi connectivity index (χ0) is 18.4. The summed E-state index contributed by atoms with van der Waals surface area (Å²) >= 11 is 0. The standard InChI is InChI=1S/C19H10N4O4/c24-18-10-5-1-3-7-12(10)22-16(26-18)14-9-20-15(21-14)17-23-13-8-4-2-6-11(13)19(25)27-17/h1-9H,(H,20,21). The number of hydrogen-bond donors (Lipinski definition) is 1. The molecule has 0 bridgehead atoms. The summed E-state index contributed by atoms with van der Waals surface area (Å²) in [5.41, 5.74) is 0.283. The first-order valence-electron chi connectivity index (χ1n) is 8.05. The minimum Gasteiger partial charge on any atom is -0.401 e. The molecule has 0 aliphatic carbocycles. The van der Waals surface area contributed by atoms with Gasteiger partial charge < -0.3 is 13.8 Å². The Hall–Kier alpha value is -4.07. The third-order valence-electron chi connectivity index (χ3n) is 4.07. The van der Waals surface area contributed by atoms with Gasteiger partial charge in [0.2, 0.25) is 0 Å². The summed E-state index contributed by atoms with van der Waals surface area (Å²) in [4.78, 5) is 40.0. The van der Waals surface area contributed by atoms with Gasteiger partial charge in [0.1, 0.15) is 5.69 Å². The summed E-state index contributed by atoms with van der Waals surface area (Å²) < 4.78 is 10.5. The van der Waals surface area contributed by atoms with Crippen LogP contribution >= 0.6 is 0 Å². The Bertz CT molecular complexity index is 1320. The van der Waals surface area contributed by atoms with Crippen molar-refractivity contribution in [2.75, 3.05) is 0 Å². The van der Waals surface area contributed by atoms with Crippen LogP contribution in [0.15, 0.2) is 73.2 Å². The Balaban J connectivity index is 1.63. The van der Waals surface area contributed by atoms with E-state index >= 15 is 0 Å². The van der Waals surface area contributed by atoms with Gasteiger partial charge in [-0.25, -0.2) is 24.5 Å². The lowest BCUT2D eigenvalue weighted by Gasteiger charge is -1.99. The third-order valence-corrected chi connectivity index (χ3v) is 4.07. The van der Waals surface area contributed by atoms with Crippen molar-refractivity contribution in [2.45, 2.75) is 0 Å². The van der Waals surface area contributed by atoms with E-state index in [4.69, 9.17) is 8.83 Å². The molecule has 5 rings (SSSR count). The highest BCUT2D eigenvalue weighted by atomic mass is 16.4. The average molecular weight is 358 g/mol. The van der Waals surface area contributed by atoms with Crippen LogP contribution in [-0.4, -0.2) is 19.9 Å². The molecule has 0 saturated heterocycles. The van der Waals surface area contributed by atoms with Gasteiger partial charge >= 0.3 is 11.3 Å². The Morgan fingerprint density at radius 1 is 0.704 bits per heavy atom. The van der Waals surface area contributed by atoms with Gasteiger partial charge in [-0.1, -0.05) is 24.3 Å². The number of hydrogen-bond acceptors (Lipinski definition) is 7. The van der Waals surface area contributed by atoms with Gasteiger partial charge in [-0.15, -0.1) is 0 Å². The second-order valence-corrected chi connectivity index (χ2v) is 5.78. The summed E-state index contributed by atoms with van der Waals surface area (Å²) in [6.45, 7) is 0. The van der Waals surface area contributed by atoms with E-state index in [2.05, 4.69) is 19.9 Å². The predicted molar refractivity (Wildman–Crippen MR) is 97.1 cm³/mol. The summed E-state index contributed by atoms with van der Waals surface area (Å²) in [5.74, 6) is 0.322. The van der Waals surface area contributed by atoms with Crippen molar-refractivity contribution in [1.82, 2.24) is 19.9 Å². The van der Waals surface area contributed by atoms with Gasteiger partial charge in [-0.2, -0.15) is 0 Å². The molecule has 0 unspecified atom stereocenters. The molecule has 8 nitrogen and oxygen atoms in total. The zero-order valence-corrected chi connectivity index (χ0v) is 13.7. The third kappa shape index (κ3) is 2.51. The minimum atomic E-state index is -0.510. The van der Waals surface area contributed by atoms with Crippen molar-refractivity contribution in [2.24, 2.45) is 0 Å². The lowest BCUT2D eigenvalue weighted by atomic mass is 10.2. The van der Waals surface area contributed by atoms with Crippen molar-refractivity contribution >= 4 is 21.8 Å². The molecule has 2 aromatic carbocycles. The van der Waals surface area contributed by atoms with Gasteiger partial charge in [0.05, 0.1) is 21.8 Å². The van der Waals surface area contributed by atoms with Crippen LogP contribution in [0, 0.1) is 0 Å². The van der Waals surface area contributed by atoms with Crippen molar-refractivity contribution in [3.8, 4) is 23.3 Å². The van der Waals surface area contributed by atoms with Crippen LogP contribution in [0.1, 0.15) is 0 Å². The number of rotatable bonds is 2. The lowest BCUT2D eigenvalue weighted by molar-refractivity contribution is 0.512. The minimum absolute atomic E-state index is 0.0353. The topological polar surface area (TPSA) is 115 Å². The normalized spacial score (nSPS) is 11.3. The van der Waals surface area contributed by atoms with Crippen LogP contribution in [0.4, 0.5) is 0 Å². The number of nitrogens with one attached hydrogen (secondary N) is 1. The molecule has 27 heavy (non-hydrogen) atoms. The van der Waals surface area contributed by atoms with E-state index in [0.29, 0.717) is 27.5 Å². The number of aromatic amines is 1. The summed E-state index contributed by atoms with van der Waals surface area (Å²) in [7, 11) is 0. The van der Waals surface area contributed by atoms with Gasteiger partial charge in [0.25, 0.3) is 11.8 Å². The van der Waals surface area contributed by atoms with Crippen LogP contribution in [0.5, 0.6) is 0 Å². The molecule has 0 atom stereocenters. The fourth-order valence-corrected chi connectivity index (χ4v) is 2.79. The molecule has 1 N–H and O–H groups in total. The van der Waals surface area contributed by atoms with Gasteiger partial charge in [-0.3, -0.25) is 0 Å². The number of para-hydroxylation sites is 2. The Kier molecular flexibility index (Phi) is 3.23. The molecule has 0 radical (unpaired) electrons. The van der Waals surface area contributed by atoms with Crippen LogP contribution in [-0.2, 0) is 0 Å². The SMILES string of the molecule is O=c1oc(-c2c[nH]c(-c3nc4ccccc4c(=O)o3)n2)nc2ccccc12. The molecule has 130 valence electrons. The highest BCUT2D eigenvalue weighted by Crippen LogP contribution is 2.21. The van der Waals surface area contributed by atoms with Crippen LogP contribution in [0.2, 0.25) is 0 Å². The van der Waals surface area contributed by atoms with E-state index in [9.17, 15) is 9.59 Å². The van der Waals surface area contributed by atoms with E-state index in [1.807, 2.05) is 0 Å². The maximum atomic E-state index is 12.1. The second kappa shape index (κ2) is 5.73. The van der Waals surface area contributed by atoms with E-state index in [1.165, 1.54) is 6.20 Å². The molecular weight excluding hydrogens is 348 g/mol. The largest absolute Gasteiger partial charge is 0.401 e. The molecule has 0 spiro atoms. The average Bonchev–Trinajstić information content (AvgIpc) is 3.18. The summed E-state index contributed by atoms with van der Waals surface area (Å²) in [6, 6.07) is 13.7. The van der Waals surface area contributed by atoms with E-state index in [1.54, 1.807) is 48.5 Å². The van der Waals surface area contributed by atoms with Crippen molar-refractivity contribution in [3.05, 3.63) is 75.6 Å². The first-order valence-corrected chi connectivity index (χ1v) is 8.05. The number of H-pyrrole nitrogens is 1. The van der Waals surface area contributed by atoms with Crippen molar-refractivity contribution < 1.29 is 8.83 Å². The molecule has 0 aliphatic rings. The Labute approximate surface area is 150 Å². The van der Waals surface area contributed by atoms with E-state index in [0.717, 1.165) is 0 Å². The van der Waals surface area contributed by atoms with E-state index < -0.39 is 11.3 Å². The van der Waals surface area contributed by atoms with Gasteiger partial charge in [-0.05, 0) is 24.3 Å². The molecule has 0 aliphatic heterocycles. The molecule has 0 saturated carbocycles. The van der Waals surface area contributed by atoms with Gasteiger partial charge in [0.15, 0.2) is 5.82 Å². The van der Waals surface area contributed by atoms with Crippen molar-refractivity contribution in [1.29, 1.82) is 0 Å². The smallest absolute Gasteiger partial charge is 0.347 e. The lowest BCUT2D eigenvalue weighted by Crippen LogP contribution is -2.03. The molecule has 0 fully saturated rings. The second-order valence-electron chi connectivity index (χ2n) is 5.78. The highest BCUT2D eigenvalue weighted by Gasteiger charge is 2.15. The maximum absolute atomic E-state index is 12.1. The predicted octanol–water partition coefficient (Wildman–Crippen LogP) is 2.75. The fraction of sp³-hybridized carbons (Fsp3) is 0. The van der Waals surface area contributed by atoms with Gasteiger partial charge in [0, 0.05) is 6.20 Å². The summed E-state index contributed by atoms with van der Waals surface area (Å²) in [5, 5.41) is 0.773. The number of imidazole rings is 1. The first-order chi connectivity index (χ1) is 13.2. The number of nitrogens with zero attached hydrogens (tertiary/aromatic N) is 3. The van der Waals surface area contributed by atoms with E-state index in [-0.39, 0.29) is 17.6 Å². The molecular formula is C19H10N4O4. The fourth-order valence-electron chi connectivity index (χ4n) is 2.79. The zero-order valence-electron chi connectivity index (χ0n) is 13.7. The number of aromatic nitrogens is 4. The van der Waals surface area contributed by atoms with Crippen LogP contribution in [0.3, 0.4) is 0 Å². The first kappa shape index (κ1) is 15.2. The quantitative estimate of drug-likeness (QED) is 0.516. The molecule has 5 aromatic rings. The Morgan fingerprint density at radius 3 is 1.93 bits per heavy atom. The number of fused-ring (bicyclic) bond motifs is 2. The molecule has 3 heterocycles. The molecule has 0 amide bonds.